The summed E-state index contributed by atoms with van der Waals surface area (Å²) in [5.74, 6) is 1.46. The van der Waals surface area contributed by atoms with Gasteiger partial charge in [0.2, 0.25) is 10.0 Å². The van der Waals surface area contributed by atoms with Crippen LogP contribution in [-0.4, -0.2) is 25.4 Å². The van der Waals surface area contributed by atoms with Gasteiger partial charge >= 0.3 is 0 Å². The van der Waals surface area contributed by atoms with Crippen LogP contribution in [0.2, 0.25) is 0 Å². The van der Waals surface area contributed by atoms with Gasteiger partial charge in [-0.1, -0.05) is 6.07 Å². The zero-order valence-corrected chi connectivity index (χ0v) is 16.5. The van der Waals surface area contributed by atoms with E-state index >= 15 is 0 Å². The Morgan fingerprint density at radius 2 is 1.96 bits per heavy atom. The zero-order valence-electron chi connectivity index (χ0n) is 14.9. The van der Waals surface area contributed by atoms with Crippen LogP contribution in [0.1, 0.15) is 28.2 Å². The van der Waals surface area contributed by atoms with Gasteiger partial charge in [0.25, 0.3) is 0 Å². The molecule has 0 saturated carbocycles. The number of sulfonamides is 1. The van der Waals surface area contributed by atoms with E-state index in [1.54, 1.807) is 30.4 Å². The number of fused-ring (bicyclic) bond motifs is 3. The van der Waals surface area contributed by atoms with E-state index in [4.69, 9.17) is 0 Å². The van der Waals surface area contributed by atoms with Gasteiger partial charge in [-0.2, -0.15) is 0 Å². The average molecular weight is 389 g/mol. The van der Waals surface area contributed by atoms with E-state index in [-0.39, 0.29) is 4.90 Å². The Morgan fingerprint density at radius 3 is 2.73 bits per heavy atom. The molecule has 1 aromatic carbocycles. The van der Waals surface area contributed by atoms with Crippen LogP contribution in [0.15, 0.2) is 23.1 Å². The van der Waals surface area contributed by atoms with Crippen molar-refractivity contribution in [2.24, 2.45) is 0 Å². The number of rotatable bonds is 4. The second kappa shape index (κ2) is 6.29. The lowest BCUT2D eigenvalue weighted by Crippen LogP contribution is -2.19. The normalized spacial score (nSPS) is 14.0. The van der Waals surface area contributed by atoms with E-state index in [0.717, 1.165) is 28.9 Å². The van der Waals surface area contributed by atoms with Crippen molar-refractivity contribution in [1.29, 1.82) is 0 Å². The minimum atomic E-state index is -3.51. The molecule has 0 spiro atoms. The van der Waals surface area contributed by atoms with E-state index in [0.29, 0.717) is 17.1 Å². The largest absolute Gasteiger partial charge is 0.340 e. The lowest BCUT2D eigenvalue weighted by atomic mass is 10.1. The van der Waals surface area contributed by atoms with Gasteiger partial charge in [-0.05, 0) is 63.4 Å². The summed E-state index contributed by atoms with van der Waals surface area (Å²) in [6.07, 6.45) is 3.31. The van der Waals surface area contributed by atoms with E-state index < -0.39 is 10.0 Å². The highest BCUT2D eigenvalue weighted by atomic mass is 32.2. The topological polar surface area (TPSA) is 84.0 Å². The van der Waals surface area contributed by atoms with Gasteiger partial charge in [0.1, 0.15) is 16.5 Å². The monoisotopic (exact) mass is 388 g/mol. The molecule has 0 bridgehead atoms. The molecule has 4 rings (SSSR count). The van der Waals surface area contributed by atoms with Crippen molar-refractivity contribution in [3.8, 4) is 0 Å². The van der Waals surface area contributed by atoms with Gasteiger partial charge in [0.15, 0.2) is 0 Å². The maximum atomic E-state index is 12.2. The van der Waals surface area contributed by atoms with Crippen molar-refractivity contribution < 1.29 is 8.42 Å². The number of aromatic nitrogens is 2. The quantitative estimate of drug-likeness (QED) is 0.715. The number of hydrogen-bond donors (Lipinski definition) is 2. The molecule has 136 valence electrons. The van der Waals surface area contributed by atoms with Crippen LogP contribution in [0.5, 0.6) is 0 Å². The highest BCUT2D eigenvalue weighted by Gasteiger charge is 2.22. The second-order valence-corrected chi connectivity index (χ2v) is 9.41. The Morgan fingerprint density at radius 1 is 1.15 bits per heavy atom. The molecule has 0 aliphatic heterocycles. The summed E-state index contributed by atoms with van der Waals surface area (Å²) in [4.78, 5) is 11.8. The molecule has 0 amide bonds. The first kappa shape index (κ1) is 17.4. The molecule has 8 heteroatoms. The molecular formula is C18H20N4O2S2. The van der Waals surface area contributed by atoms with Crippen LogP contribution in [0.25, 0.3) is 10.2 Å². The molecule has 3 aromatic rings. The highest BCUT2D eigenvalue weighted by Crippen LogP contribution is 2.40. The first-order valence-corrected chi connectivity index (χ1v) is 10.8. The number of anilines is 2. The third-order valence-corrected chi connectivity index (χ3v) is 7.43. The first-order valence-electron chi connectivity index (χ1n) is 8.49. The molecule has 1 aliphatic rings. The minimum Gasteiger partial charge on any atom is -0.340 e. The fourth-order valence-electron chi connectivity index (χ4n) is 3.41. The predicted molar refractivity (Wildman–Crippen MR) is 105 cm³/mol. The lowest BCUT2D eigenvalue weighted by molar-refractivity contribution is 0.587. The maximum absolute atomic E-state index is 12.2. The highest BCUT2D eigenvalue weighted by molar-refractivity contribution is 7.89. The lowest BCUT2D eigenvalue weighted by Gasteiger charge is -2.12. The molecule has 0 atom stereocenters. The number of nitrogens with zero attached hydrogens (tertiary/aromatic N) is 2. The SMILES string of the molecule is CNS(=O)(=O)c1cc(Nc2nc(C)nc3sc4c(c23)CCC4)ccc1C. The van der Waals surface area contributed by atoms with Gasteiger partial charge in [-0.15, -0.1) is 11.3 Å². The number of aryl methyl sites for hydroxylation is 4. The Bertz CT molecular complexity index is 1120. The van der Waals surface area contributed by atoms with Gasteiger partial charge in [0, 0.05) is 10.6 Å². The zero-order chi connectivity index (χ0) is 18.5. The van der Waals surface area contributed by atoms with Crippen LogP contribution in [0.4, 0.5) is 11.5 Å². The van der Waals surface area contributed by atoms with Gasteiger partial charge in [0.05, 0.1) is 10.3 Å². The maximum Gasteiger partial charge on any atom is 0.240 e. The van der Waals surface area contributed by atoms with E-state index in [1.165, 1.54) is 23.9 Å². The summed E-state index contributed by atoms with van der Waals surface area (Å²) in [5, 5.41) is 4.41. The summed E-state index contributed by atoms with van der Waals surface area (Å²) in [6, 6.07) is 5.33. The van der Waals surface area contributed by atoms with Crippen LogP contribution in [0.3, 0.4) is 0 Å². The van der Waals surface area contributed by atoms with Crippen molar-refractivity contribution in [1.82, 2.24) is 14.7 Å². The van der Waals surface area contributed by atoms with Crippen LogP contribution in [0, 0.1) is 13.8 Å². The molecule has 0 fully saturated rings. The standard InChI is InChI=1S/C18H20N4O2S2/c1-10-7-8-12(9-15(10)26(23,24)19-3)22-17-16-13-5-4-6-14(13)25-18(16)21-11(2)20-17/h7-9,19H,4-6H2,1-3H3,(H,20,21,22). The first-order chi connectivity index (χ1) is 12.4. The van der Waals surface area contributed by atoms with Crippen LogP contribution < -0.4 is 10.0 Å². The fourth-order valence-corrected chi connectivity index (χ4v) is 5.71. The van der Waals surface area contributed by atoms with E-state index in [2.05, 4.69) is 20.0 Å². The van der Waals surface area contributed by atoms with Crippen molar-refractivity contribution in [3.63, 3.8) is 0 Å². The Balaban J connectivity index is 1.82. The molecule has 2 N–H and O–H groups in total. The molecule has 2 aromatic heterocycles. The summed E-state index contributed by atoms with van der Waals surface area (Å²) >= 11 is 1.74. The van der Waals surface area contributed by atoms with Gasteiger partial charge < -0.3 is 5.32 Å². The molecule has 0 saturated heterocycles. The van der Waals surface area contributed by atoms with Crippen LogP contribution >= 0.6 is 11.3 Å². The third kappa shape index (κ3) is 2.87. The van der Waals surface area contributed by atoms with E-state index in [1.807, 2.05) is 13.0 Å². The second-order valence-electron chi connectivity index (χ2n) is 6.47. The number of benzene rings is 1. The predicted octanol–water partition coefficient (Wildman–Crippen LogP) is 3.45. The summed E-state index contributed by atoms with van der Waals surface area (Å²) in [5.41, 5.74) is 2.73. The molecule has 1 aliphatic carbocycles. The van der Waals surface area contributed by atoms with Crippen molar-refractivity contribution in [2.45, 2.75) is 38.0 Å². The average Bonchev–Trinajstić information content (AvgIpc) is 3.16. The van der Waals surface area contributed by atoms with Crippen molar-refractivity contribution in [3.05, 3.63) is 40.0 Å². The molecule has 0 unspecified atom stereocenters. The van der Waals surface area contributed by atoms with E-state index in [9.17, 15) is 8.42 Å². The molecule has 26 heavy (non-hydrogen) atoms. The van der Waals surface area contributed by atoms with Gasteiger partial charge in [-0.3, -0.25) is 0 Å². The number of hydrogen-bond acceptors (Lipinski definition) is 6. The molecule has 0 radical (unpaired) electrons. The molecular weight excluding hydrogens is 368 g/mol. The smallest absolute Gasteiger partial charge is 0.240 e. The third-order valence-electron chi connectivity index (χ3n) is 4.69. The Kier molecular flexibility index (Phi) is 4.21. The summed E-state index contributed by atoms with van der Waals surface area (Å²) in [7, 11) is -2.10. The van der Waals surface area contributed by atoms with Gasteiger partial charge in [-0.25, -0.2) is 23.1 Å². The number of thiophene rings is 1. The van der Waals surface area contributed by atoms with Crippen molar-refractivity contribution >= 4 is 43.1 Å². The summed E-state index contributed by atoms with van der Waals surface area (Å²) < 4.78 is 26.9. The van der Waals surface area contributed by atoms with Crippen molar-refractivity contribution in [2.75, 3.05) is 12.4 Å². The summed E-state index contributed by atoms with van der Waals surface area (Å²) in [6.45, 7) is 3.66. The number of nitrogens with one attached hydrogen (secondary N) is 2. The Labute approximate surface area is 156 Å². The Hall–Kier alpha value is -2.03. The van der Waals surface area contributed by atoms with Crippen LogP contribution in [-0.2, 0) is 22.9 Å². The minimum absolute atomic E-state index is 0.266. The molecule has 2 heterocycles. The fraction of sp³-hybridized carbons (Fsp3) is 0.333. The molecule has 6 nitrogen and oxygen atoms in total.